The predicted molar refractivity (Wildman–Crippen MR) is 84.3 cm³/mol. The zero-order valence-corrected chi connectivity index (χ0v) is 13.5. The highest BCUT2D eigenvalue weighted by atomic mass is 35.5. The van der Waals surface area contributed by atoms with Crippen molar-refractivity contribution in [3.63, 3.8) is 0 Å². The minimum atomic E-state index is -0.110. The zero-order chi connectivity index (χ0) is 14.7. The molecule has 5 heteroatoms. The van der Waals surface area contributed by atoms with E-state index in [4.69, 9.17) is 11.6 Å². The maximum Gasteiger partial charge on any atom is 0.160 e. The molecule has 2 rings (SSSR count). The fourth-order valence-electron chi connectivity index (χ4n) is 2.43. The molecule has 0 saturated heterocycles. The number of imidazole rings is 1. The molecule has 0 N–H and O–H groups in total. The average molecular weight is 295 g/mol. The van der Waals surface area contributed by atoms with Crippen molar-refractivity contribution >= 4 is 22.8 Å². The molecule has 2 aromatic rings. The van der Waals surface area contributed by atoms with E-state index in [1.165, 1.54) is 0 Å². The van der Waals surface area contributed by atoms with Crippen molar-refractivity contribution in [1.82, 2.24) is 19.4 Å². The van der Waals surface area contributed by atoms with Gasteiger partial charge in [-0.25, -0.2) is 9.97 Å². The van der Waals surface area contributed by atoms with Gasteiger partial charge in [0, 0.05) is 19.3 Å². The number of likely N-dealkylation sites (N-methyl/N-ethyl adjacent to an activating group) is 1. The Morgan fingerprint density at radius 3 is 2.65 bits per heavy atom. The molecule has 0 aliphatic rings. The highest BCUT2D eigenvalue weighted by Gasteiger charge is 2.16. The summed E-state index contributed by atoms with van der Waals surface area (Å²) in [6.45, 7) is 12.3. The van der Waals surface area contributed by atoms with Gasteiger partial charge in [0.1, 0.15) is 11.3 Å². The Kier molecular flexibility index (Phi) is 5.00. The number of hydrogen-bond acceptors (Lipinski definition) is 3. The third-order valence-electron chi connectivity index (χ3n) is 3.64. The van der Waals surface area contributed by atoms with Gasteiger partial charge in [-0.1, -0.05) is 13.8 Å². The second-order valence-corrected chi connectivity index (χ2v) is 5.77. The van der Waals surface area contributed by atoms with Crippen molar-refractivity contribution in [3.8, 4) is 0 Å². The minimum absolute atomic E-state index is 0.110. The first-order valence-corrected chi connectivity index (χ1v) is 7.69. The van der Waals surface area contributed by atoms with Gasteiger partial charge in [0.05, 0.1) is 5.38 Å². The molecule has 0 aromatic carbocycles. The number of aromatic nitrogens is 3. The van der Waals surface area contributed by atoms with Crippen molar-refractivity contribution < 1.29 is 0 Å². The molecule has 20 heavy (non-hydrogen) atoms. The van der Waals surface area contributed by atoms with Crippen LogP contribution in [0.5, 0.6) is 0 Å². The second-order valence-electron chi connectivity index (χ2n) is 5.12. The first-order valence-electron chi connectivity index (χ1n) is 7.26. The fraction of sp³-hybridized carbons (Fsp3) is 0.600. The van der Waals surface area contributed by atoms with Crippen LogP contribution >= 0.6 is 11.6 Å². The van der Waals surface area contributed by atoms with Gasteiger partial charge in [-0.15, -0.1) is 11.6 Å². The van der Waals surface area contributed by atoms with E-state index in [2.05, 4.69) is 39.3 Å². The van der Waals surface area contributed by atoms with Gasteiger partial charge >= 0.3 is 0 Å². The molecule has 0 amide bonds. The summed E-state index contributed by atoms with van der Waals surface area (Å²) < 4.78 is 2.16. The Balaban J connectivity index is 2.36. The second kappa shape index (κ2) is 6.55. The van der Waals surface area contributed by atoms with E-state index in [0.717, 1.165) is 48.7 Å². The summed E-state index contributed by atoms with van der Waals surface area (Å²) in [4.78, 5) is 11.6. The summed E-state index contributed by atoms with van der Waals surface area (Å²) >= 11 is 6.28. The number of pyridine rings is 1. The zero-order valence-electron chi connectivity index (χ0n) is 12.7. The SMILES string of the molecule is CCN(CC)CCn1c(C(C)Cl)nc2cc(C)cnc21. The third kappa shape index (κ3) is 3.13. The summed E-state index contributed by atoms with van der Waals surface area (Å²) in [5.41, 5.74) is 3.00. The monoisotopic (exact) mass is 294 g/mol. The Bertz CT molecular complexity index is 573. The topological polar surface area (TPSA) is 34.0 Å². The van der Waals surface area contributed by atoms with Crippen molar-refractivity contribution in [2.45, 2.75) is 39.6 Å². The molecule has 0 saturated carbocycles. The molecule has 0 aliphatic carbocycles. The Hall–Kier alpha value is -1.13. The maximum atomic E-state index is 6.28. The van der Waals surface area contributed by atoms with Gasteiger partial charge in [0.15, 0.2) is 5.65 Å². The minimum Gasteiger partial charge on any atom is -0.310 e. The van der Waals surface area contributed by atoms with E-state index in [1.807, 2.05) is 20.0 Å². The summed E-state index contributed by atoms with van der Waals surface area (Å²) in [6.07, 6.45) is 1.89. The molecule has 0 radical (unpaired) electrons. The third-order valence-corrected chi connectivity index (χ3v) is 3.84. The quantitative estimate of drug-likeness (QED) is 0.766. The van der Waals surface area contributed by atoms with E-state index in [1.54, 1.807) is 0 Å². The van der Waals surface area contributed by atoms with Crippen LogP contribution in [0.1, 0.15) is 37.5 Å². The van der Waals surface area contributed by atoms with Crippen LogP contribution < -0.4 is 0 Å². The largest absolute Gasteiger partial charge is 0.310 e. The van der Waals surface area contributed by atoms with Crippen LogP contribution in [0, 0.1) is 6.92 Å². The van der Waals surface area contributed by atoms with E-state index >= 15 is 0 Å². The van der Waals surface area contributed by atoms with Crippen LogP contribution in [0.15, 0.2) is 12.3 Å². The molecule has 1 unspecified atom stereocenters. The van der Waals surface area contributed by atoms with E-state index in [0.29, 0.717) is 0 Å². The van der Waals surface area contributed by atoms with Crippen LogP contribution in [0.4, 0.5) is 0 Å². The first-order chi connectivity index (χ1) is 9.56. The molecule has 2 heterocycles. The molecule has 0 aliphatic heterocycles. The molecule has 1 atom stereocenters. The molecule has 0 fully saturated rings. The molecule has 2 aromatic heterocycles. The fourth-order valence-corrected chi connectivity index (χ4v) is 2.60. The standard InChI is InChI=1S/C15H23ClN4/c1-5-19(6-2)7-8-20-14(12(4)16)18-13-9-11(3)10-17-15(13)20/h9-10,12H,5-8H2,1-4H3. The number of nitrogens with zero attached hydrogens (tertiary/aromatic N) is 4. The normalized spacial score (nSPS) is 13.3. The number of rotatable bonds is 6. The number of hydrogen-bond donors (Lipinski definition) is 0. The Morgan fingerprint density at radius 2 is 2.05 bits per heavy atom. The highest BCUT2D eigenvalue weighted by molar-refractivity contribution is 6.20. The molecule has 0 bridgehead atoms. The van der Waals surface area contributed by atoms with Crippen molar-refractivity contribution in [1.29, 1.82) is 0 Å². The average Bonchev–Trinajstić information content (AvgIpc) is 2.78. The Morgan fingerprint density at radius 1 is 1.35 bits per heavy atom. The number of aryl methyl sites for hydroxylation is 1. The van der Waals surface area contributed by atoms with Gasteiger partial charge < -0.3 is 9.47 Å². The van der Waals surface area contributed by atoms with E-state index < -0.39 is 0 Å². The van der Waals surface area contributed by atoms with Gasteiger partial charge in [-0.05, 0) is 38.6 Å². The predicted octanol–water partition coefficient (Wildman–Crippen LogP) is 3.38. The van der Waals surface area contributed by atoms with Gasteiger partial charge in [-0.3, -0.25) is 0 Å². The summed E-state index contributed by atoms with van der Waals surface area (Å²) in [7, 11) is 0. The number of alkyl halides is 1. The van der Waals surface area contributed by atoms with Crippen LogP contribution in [-0.2, 0) is 6.54 Å². The lowest BCUT2D eigenvalue weighted by Crippen LogP contribution is -2.27. The van der Waals surface area contributed by atoms with E-state index in [9.17, 15) is 0 Å². The van der Waals surface area contributed by atoms with Crippen LogP contribution in [-0.4, -0.2) is 39.1 Å². The van der Waals surface area contributed by atoms with E-state index in [-0.39, 0.29) is 5.38 Å². The van der Waals surface area contributed by atoms with Crippen LogP contribution in [0.25, 0.3) is 11.2 Å². The van der Waals surface area contributed by atoms with Crippen molar-refractivity contribution in [3.05, 3.63) is 23.7 Å². The molecule has 110 valence electrons. The lowest BCUT2D eigenvalue weighted by atomic mass is 10.3. The van der Waals surface area contributed by atoms with Crippen LogP contribution in [0.2, 0.25) is 0 Å². The lowest BCUT2D eigenvalue weighted by molar-refractivity contribution is 0.290. The molecular weight excluding hydrogens is 272 g/mol. The summed E-state index contributed by atoms with van der Waals surface area (Å²) in [5.74, 6) is 0.909. The highest BCUT2D eigenvalue weighted by Crippen LogP contribution is 2.23. The Labute approximate surface area is 125 Å². The molecule has 4 nitrogen and oxygen atoms in total. The molecule has 0 spiro atoms. The van der Waals surface area contributed by atoms with Gasteiger partial charge in [0.25, 0.3) is 0 Å². The maximum absolute atomic E-state index is 6.28. The van der Waals surface area contributed by atoms with Gasteiger partial charge in [0.2, 0.25) is 0 Å². The van der Waals surface area contributed by atoms with Gasteiger partial charge in [-0.2, -0.15) is 0 Å². The van der Waals surface area contributed by atoms with Crippen LogP contribution in [0.3, 0.4) is 0 Å². The van der Waals surface area contributed by atoms with Crippen molar-refractivity contribution in [2.75, 3.05) is 19.6 Å². The lowest BCUT2D eigenvalue weighted by Gasteiger charge is -2.19. The number of fused-ring (bicyclic) bond motifs is 1. The summed E-state index contributed by atoms with van der Waals surface area (Å²) in [5, 5.41) is -0.110. The van der Waals surface area contributed by atoms with Crippen molar-refractivity contribution in [2.24, 2.45) is 0 Å². The smallest absolute Gasteiger partial charge is 0.160 e. The molecular formula is C15H23ClN4. The number of halogens is 1. The first kappa shape index (κ1) is 15.3. The summed E-state index contributed by atoms with van der Waals surface area (Å²) in [6, 6.07) is 2.07.